The number of hydrogen-bond donors (Lipinski definition) is 0. The van der Waals surface area contributed by atoms with Crippen LogP contribution in [0.15, 0.2) is 58.6 Å². The lowest BCUT2D eigenvalue weighted by Crippen LogP contribution is -2.02. The summed E-state index contributed by atoms with van der Waals surface area (Å²) in [4.78, 5) is 8.98. The third-order valence-corrected chi connectivity index (χ3v) is 7.81. The number of aliphatic imine (C=N–C) groups is 2. The summed E-state index contributed by atoms with van der Waals surface area (Å²) in [6, 6.07) is 0. The summed E-state index contributed by atoms with van der Waals surface area (Å²) >= 11 is 0. The molecule has 0 saturated carbocycles. The quantitative estimate of drug-likeness (QED) is 0.0399. The van der Waals surface area contributed by atoms with Gasteiger partial charge in [0, 0.05) is 0 Å². The predicted octanol–water partition coefficient (Wildman–Crippen LogP) is 13.2. The van der Waals surface area contributed by atoms with Gasteiger partial charge in [0.25, 0.3) is 0 Å². The van der Waals surface area contributed by atoms with Gasteiger partial charge in [-0.15, -0.1) is 0 Å². The Labute approximate surface area is 275 Å². The summed E-state index contributed by atoms with van der Waals surface area (Å²) in [5, 5.41) is 0. The van der Waals surface area contributed by atoms with Crippen molar-refractivity contribution in [1.82, 2.24) is 0 Å². The van der Waals surface area contributed by atoms with Gasteiger partial charge in [-0.1, -0.05) is 133 Å². The van der Waals surface area contributed by atoms with Crippen molar-refractivity contribution in [1.29, 1.82) is 0 Å². The Kier molecular flexibility index (Phi) is 39.6. The van der Waals surface area contributed by atoms with Crippen molar-refractivity contribution >= 4 is 12.4 Å². The van der Waals surface area contributed by atoms with Gasteiger partial charge in [0.15, 0.2) is 0 Å². The van der Waals surface area contributed by atoms with E-state index in [-0.39, 0.29) is 0 Å². The van der Waals surface area contributed by atoms with Crippen LogP contribution in [0.5, 0.6) is 0 Å². The van der Waals surface area contributed by atoms with Crippen LogP contribution in [-0.4, -0.2) is 38.7 Å². The van der Waals surface area contributed by atoms with Gasteiger partial charge >= 0.3 is 0 Å². The highest BCUT2D eigenvalue weighted by molar-refractivity contribution is 5.57. The van der Waals surface area contributed by atoms with E-state index in [0.29, 0.717) is 13.2 Å². The third-order valence-electron chi connectivity index (χ3n) is 7.81. The molecule has 0 aliphatic carbocycles. The molecule has 0 fully saturated rings. The molecule has 3 nitrogen and oxygen atoms in total. The van der Waals surface area contributed by atoms with E-state index in [4.69, 9.17) is 4.74 Å². The van der Waals surface area contributed by atoms with Crippen molar-refractivity contribution in [2.45, 2.75) is 174 Å². The molecular formula is C41H74N2O. The average Bonchev–Trinajstić information content (AvgIpc) is 3.04. The summed E-state index contributed by atoms with van der Waals surface area (Å²) in [5.74, 6) is 0. The third kappa shape index (κ3) is 40.3. The summed E-state index contributed by atoms with van der Waals surface area (Å²) in [5.41, 5.74) is 0. The van der Waals surface area contributed by atoms with E-state index in [1.54, 1.807) is 0 Å². The van der Waals surface area contributed by atoms with Gasteiger partial charge < -0.3 is 4.74 Å². The Morgan fingerprint density at radius 1 is 0.364 bits per heavy atom. The standard InChI is InChI=1S/C41H74N2O/c1-3-5-7-9-11-13-15-17-19-21-23-25-27-29-31-33-35-37-43-39-41-44-40-38-42-36-34-32-30-28-26-24-22-20-18-16-14-12-10-8-6-4-2/h12-15,18-21,36-37H,3-11,16-17,22-35,38-41H2,1-2H3/b14-12+,15-13+,20-18+,21-19+,42-36?,43-37?. The molecule has 0 rings (SSSR count). The second kappa shape index (κ2) is 41.3. The van der Waals surface area contributed by atoms with Crippen molar-refractivity contribution in [3.05, 3.63) is 48.6 Å². The first-order valence-electron chi connectivity index (χ1n) is 19.1. The number of nitrogens with zero attached hydrogens (tertiary/aromatic N) is 2. The van der Waals surface area contributed by atoms with Crippen LogP contribution in [0.1, 0.15) is 174 Å². The van der Waals surface area contributed by atoms with Gasteiger partial charge in [-0.25, -0.2) is 0 Å². The van der Waals surface area contributed by atoms with Gasteiger partial charge in [-0.3, -0.25) is 9.98 Å². The maximum absolute atomic E-state index is 5.66. The Morgan fingerprint density at radius 3 is 1.09 bits per heavy atom. The number of allylic oxidation sites excluding steroid dienone is 8. The van der Waals surface area contributed by atoms with E-state index in [1.807, 2.05) is 0 Å². The molecule has 0 saturated heterocycles. The maximum Gasteiger partial charge on any atom is 0.0662 e. The highest BCUT2D eigenvalue weighted by Crippen LogP contribution is 2.09. The van der Waals surface area contributed by atoms with Crippen LogP contribution in [0.25, 0.3) is 0 Å². The molecule has 0 aromatic heterocycles. The molecule has 44 heavy (non-hydrogen) atoms. The first-order valence-corrected chi connectivity index (χ1v) is 19.1. The SMILES string of the molecule is CCCCC/C=C/C/C=C/CCCCCCCC=NCCOCCN=CCCCCCCC/C=C/C/C=C/CCCCCC. The van der Waals surface area contributed by atoms with E-state index in [1.165, 1.54) is 135 Å². The lowest BCUT2D eigenvalue weighted by molar-refractivity contribution is 0.150. The molecule has 0 radical (unpaired) electrons. The Balaban J connectivity index is 3.26. The number of hydrogen-bond acceptors (Lipinski definition) is 3. The van der Waals surface area contributed by atoms with Gasteiger partial charge in [0.05, 0.1) is 26.3 Å². The molecule has 3 heteroatoms. The molecule has 0 aliphatic heterocycles. The second-order valence-corrected chi connectivity index (χ2v) is 12.2. The van der Waals surface area contributed by atoms with Crippen LogP contribution in [0.4, 0.5) is 0 Å². The highest BCUT2D eigenvalue weighted by atomic mass is 16.5. The summed E-state index contributed by atoms with van der Waals surface area (Å²) in [6.45, 7) is 7.49. The van der Waals surface area contributed by atoms with Crippen LogP contribution in [0.3, 0.4) is 0 Å². The molecule has 254 valence electrons. The Hall–Kier alpha value is -1.74. The molecule has 0 atom stereocenters. The minimum absolute atomic E-state index is 0.708. The number of unbranched alkanes of at least 4 members (excludes halogenated alkanes) is 19. The fourth-order valence-electron chi connectivity index (χ4n) is 4.97. The lowest BCUT2D eigenvalue weighted by Gasteiger charge is -2.00. The van der Waals surface area contributed by atoms with E-state index in [9.17, 15) is 0 Å². The lowest BCUT2D eigenvalue weighted by atomic mass is 10.1. The summed E-state index contributed by atoms with van der Waals surface area (Å²) in [6.07, 6.45) is 54.9. The van der Waals surface area contributed by atoms with Gasteiger partial charge in [0.2, 0.25) is 0 Å². The van der Waals surface area contributed by atoms with Crippen molar-refractivity contribution in [2.75, 3.05) is 26.3 Å². The van der Waals surface area contributed by atoms with E-state index in [0.717, 1.165) is 38.8 Å². The molecule has 0 aliphatic rings. The van der Waals surface area contributed by atoms with Crippen molar-refractivity contribution in [2.24, 2.45) is 9.98 Å². The van der Waals surface area contributed by atoms with Gasteiger partial charge in [-0.2, -0.15) is 0 Å². The Morgan fingerprint density at radius 2 is 0.682 bits per heavy atom. The topological polar surface area (TPSA) is 34.0 Å². The monoisotopic (exact) mass is 611 g/mol. The maximum atomic E-state index is 5.66. The van der Waals surface area contributed by atoms with Crippen LogP contribution in [0.2, 0.25) is 0 Å². The van der Waals surface area contributed by atoms with E-state index >= 15 is 0 Å². The first kappa shape index (κ1) is 42.3. The molecule has 0 spiro atoms. The van der Waals surface area contributed by atoms with Crippen LogP contribution in [-0.2, 0) is 4.74 Å². The number of ether oxygens (including phenoxy) is 1. The molecule has 0 N–H and O–H groups in total. The Bertz CT molecular complexity index is 703. The normalized spacial score (nSPS) is 12.7. The zero-order valence-corrected chi connectivity index (χ0v) is 29.6. The van der Waals surface area contributed by atoms with Crippen molar-refractivity contribution in [3.63, 3.8) is 0 Å². The molecule has 0 unspecified atom stereocenters. The first-order chi connectivity index (χ1) is 21.9. The average molecular weight is 611 g/mol. The predicted molar refractivity (Wildman–Crippen MR) is 201 cm³/mol. The summed E-state index contributed by atoms with van der Waals surface area (Å²) in [7, 11) is 0. The van der Waals surface area contributed by atoms with Gasteiger partial charge in [0.1, 0.15) is 0 Å². The highest BCUT2D eigenvalue weighted by Gasteiger charge is 1.92. The molecule has 0 aromatic rings. The minimum Gasteiger partial charge on any atom is -0.378 e. The largest absolute Gasteiger partial charge is 0.378 e. The second-order valence-electron chi connectivity index (χ2n) is 12.2. The van der Waals surface area contributed by atoms with Crippen LogP contribution >= 0.6 is 0 Å². The smallest absolute Gasteiger partial charge is 0.0662 e. The fraction of sp³-hybridized carbons (Fsp3) is 0.756. The van der Waals surface area contributed by atoms with E-state index in [2.05, 4.69) is 84.9 Å². The molecule has 0 amide bonds. The molecule has 0 aromatic carbocycles. The van der Waals surface area contributed by atoms with Crippen molar-refractivity contribution in [3.8, 4) is 0 Å². The number of rotatable bonds is 35. The fourth-order valence-corrected chi connectivity index (χ4v) is 4.97. The molecule has 0 bridgehead atoms. The van der Waals surface area contributed by atoms with E-state index < -0.39 is 0 Å². The van der Waals surface area contributed by atoms with Crippen LogP contribution < -0.4 is 0 Å². The van der Waals surface area contributed by atoms with Gasteiger partial charge in [-0.05, 0) is 102 Å². The minimum atomic E-state index is 0.708. The zero-order valence-electron chi connectivity index (χ0n) is 29.6. The zero-order chi connectivity index (χ0) is 31.7. The van der Waals surface area contributed by atoms with Crippen molar-refractivity contribution < 1.29 is 4.74 Å². The molecular weight excluding hydrogens is 536 g/mol. The molecule has 0 heterocycles. The summed E-state index contributed by atoms with van der Waals surface area (Å²) < 4.78 is 5.66. The van der Waals surface area contributed by atoms with Crippen LogP contribution in [0, 0.1) is 0 Å².